The fourth-order valence-electron chi connectivity index (χ4n) is 1.98. The second-order valence-corrected chi connectivity index (χ2v) is 5.37. The van der Waals surface area contributed by atoms with Gasteiger partial charge in [0.1, 0.15) is 11.5 Å². The van der Waals surface area contributed by atoms with Crippen LogP contribution in [0.2, 0.25) is 0 Å². The first-order valence-corrected chi connectivity index (χ1v) is 7.53. The number of nitrogens with one attached hydrogen (secondary N) is 1. The van der Waals surface area contributed by atoms with Crippen molar-refractivity contribution < 1.29 is 9.47 Å². The second kappa shape index (κ2) is 8.08. The molecule has 0 fully saturated rings. The summed E-state index contributed by atoms with van der Waals surface area (Å²) in [6, 6.07) is 15.4. The normalized spacial score (nSPS) is 11.4. The van der Waals surface area contributed by atoms with Gasteiger partial charge >= 0.3 is 0 Å². The van der Waals surface area contributed by atoms with Gasteiger partial charge in [-0.15, -0.1) is 0 Å². The van der Waals surface area contributed by atoms with Crippen molar-refractivity contribution in [3.05, 3.63) is 54.1 Å². The van der Waals surface area contributed by atoms with Crippen LogP contribution < -0.4 is 20.5 Å². The third-order valence-corrected chi connectivity index (χ3v) is 3.09. The van der Waals surface area contributed by atoms with E-state index in [1.807, 2.05) is 62.4 Å². The molecular weight excluding hydrogens is 290 g/mol. The van der Waals surface area contributed by atoms with Crippen molar-refractivity contribution in [2.24, 2.45) is 10.7 Å². The summed E-state index contributed by atoms with van der Waals surface area (Å²) in [4.78, 5) is 4.33. The Labute approximate surface area is 137 Å². The predicted molar refractivity (Wildman–Crippen MR) is 94.1 cm³/mol. The van der Waals surface area contributed by atoms with Crippen molar-refractivity contribution in [1.82, 2.24) is 0 Å². The molecule has 5 nitrogen and oxygen atoms in total. The summed E-state index contributed by atoms with van der Waals surface area (Å²) >= 11 is 0. The van der Waals surface area contributed by atoms with Gasteiger partial charge in [-0.25, -0.2) is 4.99 Å². The minimum atomic E-state index is 0.157. The number of rotatable bonds is 6. The van der Waals surface area contributed by atoms with Crippen molar-refractivity contribution in [2.75, 3.05) is 12.4 Å². The molecule has 122 valence electrons. The van der Waals surface area contributed by atoms with Gasteiger partial charge in [0.25, 0.3) is 0 Å². The number of aliphatic imine (C=N–C) groups is 1. The van der Waals surface area contributed by atoms with Crippen LogP contribution in [-0.4, -0.2) is 19.2 Å². The number of guanidine groups is 1. The maximum Gasteiger partial charge on any atom is 0.193 e. The highest BCUT2D eigenvalue weighted by molar-refractivity contribution is 5.92. The van der Waals surface area contributed by atoms with E-state index in [1.54, 1.807) is 7.11 Å². The molecule has 5 heteroatoms. The maximum atomic E-state index is 5.91. The summed E-state index contributed by atoms with van der Waals surface area (Å²) < 4.78 is 10.7. The van der Waals surface area contributed by atoms with Crippen LogP contribution in [0.15, 0.2) is 53.5 Å². The van der Waals surface area contributed by atoms with Crippen LogP contribution in [-0.2, 0) is 6.54 Å². The predicted octanol–water partition coefficient (Wildman–Crippen LogP) is 3.41. The Morgan fingerprint density at radius 2 is 1.65 bits per heavy atom. The van der Waals surface area contributed by atoms with Gasteiger partial charge < -0.3 is 20.5 Å². The van der Waals surface area contributed by atoms with E-state index in [0.717, 1.165) is 22.7 Å². The van der Waals surface area contributed by atoms with E-state index in [2.05, 4.69) is 10.3 Å². The molecule has 0 aliphatic heterocycles. The molecule has 0 unspecified atom stereocenters. The molecule has 0 saturated heterocycles. The molecular formula is C18H23N3O2. The summed E-state index contributed by atoms with van der Waals surface area (Å²) in [5, 5.41) is 3.06. The molecule has 0 aromatic heterocycles. The number of nitrogens with two attached hydrogens (primary N) is 1. The summed E-state index contributed by atoms with van der Waals surface area (Å²) in [7, 11) is 1.65. The number of anilines is 1. The molecule has 23 heavy (non-hydrogen) atoms. The molecule has 0 aliphatic carbocycles. The molecule has 0 amide bonds. The quantitative estimate of drug-likeness (QED) is 0.633. The Hall–Kier alpha value is -2.69. The third-order valence-electron chi connectivity index (χ3n) is 3.09. The van der Waals surface area contributed by atoms with Crippen LogP contribution in [0.1, 0.15) is 19.4 Å². The van der Waals surface area contributed by atoms with E-state index < -0.39 is 0 Å². The van der Waals surface area contributed by atoms with Gasteiger partial charge in [0.2, 0.25) is 0 Å². The largest absolute Gasteiger partial charge is 0.497 e. The zero-order valence-electron chi connectivity index (χ0n) is 13.7. The Kier molecular flexibility index (Phi) is 5.86. The van der Waals surface area contributed by atoms with Gasteiger partial charge in [0.05, 0.1) is 19.8 Å². The molecule has 3 N–H and O–H groups in total. The van der Waals surface area contributed by atoms with Crippen LogP contribution >= 0.6 is 0 Å². The lowest BCUT2D eigenvalue weighted by Gasteiger charge is -2.11. The molecule has 0 spiro atoms. The van der Waals surface area contributed by atoms with Crippen molar-refractivity contribution in [1.29, 1.82) is 0 Å². The first-order chi connectivity index (χ1) is 11.1. The van der Waals surface area contributed by atoms with Crippen LogP contribution in [0.5, 0.6) is 11.5 Å². The fraction of sp³-hybridized carbons (Fsp3) is 0.278. The smallest absolute Gasteiger partial charge is 0.193 e. The summed E-state index contributed by atoms with van der Waals surface area (Å²) in [6.07, 6.45) is 0.157. The summed E-state index contributed by atoms with van der Waals surface area (Å²) in [5.74, 6) is 2.03. The van der Waals surface area contributed by atoms with Gasteiger partial charge in [-0.3, -0.25) is 0 Å². The van der Waals surface area contributed by atoms with E-state index in [-0.39, 0.29) is 6.10 Å². The van der Waals surface area contributed by atoms with Crippen molar-refractivity contribution in [3.8, 4) is 11.5 Å². The number of benzene rings is 2. The van der Waals surface area contributed by atoms with Gasteiger partial charge in [0, 0.05) is 5.69 Å². The fourth-order valence-corrected chi connectivity index (χ4v) is 1.98. The highest BCUT2D eigenvalue weighted by Gasteiger charge is 1.99. The Bertz CT molecular complexity index is 634. The van der Waals surface area contributed by atoms with E-state index in [1.165, 1.54) is 0 Å². The number of nitrogens with zero attached hydrogens (tertiary/aromatic N) is 1. The number of hydrogen-bond acceptors (Lipinski definition) is 3. The Morgan fingerprint density at radius 3 is 2.22 bits per heavy atom. The molecule has 2 aromatic rings. The van der Waals surface area contributed by atoms with Crippen LogP contribution in [0, 0.1) is 0 Å². The second-order valence-electron chi connectivity index (χ2n) is 5.37. The number of methoxy groups -OCH3 is 1. The number of hydrogen-bond donors (Lipinski definition) is 2. The Morgan fingerprint density at radius 1 is 1.04 bits per heavy atom. The standard InChI is InChI=1S/C18H23N3O2/c1-13(2)23-17-10-6-15(7-11-17)21-18(19)20-12-14-4-8-16(22-3)9-5-14/h4-11,13H,12H2,1-3H3,(H3,19,20,21). The lowest BCUT2D eigenvalue weighted by atomic mass is 10.2. The molecule has 0 radical (unpaired) electrons. The first kappa shape index (κ1) is 16.7. The first-order valence-electron chi connectivity index (χ1n) is 7.53. The van der Waals surface area contributed by atoms with Crippen molar-refractivity contribution >= 4 is 11.6 Å². The average molecular weight is 313 g/mol. The van der Waals surface area contributed by atoms with Crippen LogP contribution in [0.4, 0.5) is 5.69 Å². The molecule has 2 rings (SSSR count). The lowest BCUT2D eigenvalue weighted by molar-refractivity contribution is 0.242. The molecule has 2 aromatic carbocycles. The van der Waals surface area contributed by atoms with Gasteiger partial charge in [0.15, 0.2) is 5.96 Å². The van der Waals surface area contributed by atoms with Crippen molar-refractivity contribution in [2.45, 2.75) is 26.5 Å². The monoisotopic (exact) mass is 313 g/mol. The van der Waals surface area contributed by atoms with Gasteiger partial charge in [-0.2, -0.15) is 0 Å². The SMILES string of the molecule is COc1ccc(CN=C(N)Nc2ccc(OC(C)C)cc2)cc1. The molecule has 0 saturated carbocycles. The summed E-state index contributed by atoms with van der Waals surface area (Å²) in [6.45, 7) is 4.50. The topological polar surface area (TPSA) is 68.9 Å². The molecule has 0 aliphatic rings. The Balaban J connectivity index is 1.90. The van der Waals surface area contributed by atoms with Gasteiger partial charge in [-0.1, -0.05) is 12.1 Å². The minimum Gasteiger partial charge on any atom is -0.497 e. The van der Waals surface area contributed by atoms with E-state index in [9.17, 15) is 0 Å². The third kappa shape index (κ3) is 5.54. The van der Waals surface area contributed by atoms with Crippen molar-refractivity contribution in [3.63, 3.8) is 0 Å². The van der Waals surface area contributed by atoms with Gasteiger partial charge in [-0.05, 0) is 55.8 Å². The zero-order chi connectivity index (χ0) is 16.7. The highest BCUT2D eigenvalue weighted by atomic mass is 16.5. The molecule has 0 atom stereocenters. The summed E-state index contributed by atoms with van der Waals surface area (Å²) in [5.41, 5.74) is 7.85. The lowest BCUT2D eigenvalue weighted by Crippen LogP contribution is -2.22. The molecule has 0 bridgehead atoms. The number of ether oxygens (including phenoxy) is 2. The van der Waals surface area contributed by atoms with Crippen LogP contribution in [0.25, 0.3) is 0 Å². The van der Waals surface area contributed by atoms with Crippen LogP contribution in [0.3, 0.4) is 0 Å². The van der Waals surface area contributed by atoms with E-state index in [0.29, 0.717) is 12.5 Å². The minimum absolute atomic E-state index is 0.157. The highest BCUT2D eigenvalue weighted by Crippen LogP contribution is 2.17. The maximum absolute atomic E-state index is 5.91. The zero-order valence-corrected chi connectivity index (χ0v) is 13.7. The van der Waals surface area contributed by atoms with E-state index >= 15 is 0 Å². The average Bonchev–Trinajstić information content (AvgIpc) is 2.55. The van der Waals surface area contributed by atoms with E-state index in [4.69, 9.17) is 15.2 Å². The molecule has 0 heterocycles.